The average molecular weight is 545 g/mol. The predicted molar refractivity (Wildman–Crippen MR) is 126 cm³/mol. The van der Waals surface area contributed by atoms with Crippen LogP contribution in [0.1, 0.15) is 43.2 Å². The van der Waals surface area contributed by atoms with Crippen molar-refractivity contribution in [3.63, 3.8) is 0 Å². The highest BCUT2D eigenvalue weighted by molar-refractivity contribution is 14.1. The standard InChI is InChI=1S/C18H23IN2O5.C4H9N/c1-11(22)20-15-9-21(18(19)14-7-5-4-6-8-14)16(10-25-12(2)23)17(15)26-13(3)24;1-2-4-5-3-1/h4-8,15-18H,9-10H2,1-3H3,(H,20,22);5H,1-4H2. The van der Waals surface area contributed by atoms with E-state index < -0.39 is 18.0 Å². The molecule has 3 rings (SSSR count). The molecule has 2 heterocycles. The van der Waals surface area contributed by atoms with E-state index in [1.165, 1.54) is 46.7 Å². The Hall–Kier alpha value is -1.72. The van der Waals surface area contributed by atoms with Crippen LogP contribution in [-0.2, 0) is 23.9 Å². The molecule has 4 atom stereocenters. The Labute approximate surface area is 197 Å². The quantitative estimate of drug-likeness (QED) is 0.245. The van der Waals surface area contributed by atoms with Gasteiger partial charge >= 0.3 is 11.9 Å². The number of amides is 1. The number of carbonyl (C=O) groups is 3. The van der Waals surface area contributed by atoms with E-state index in [2.05, 4.69) is 38.1 Å². The Morgan fingerprint density at radius 1 is 1.13 bits per heavy atom. The van der Waals surface area contributed by atoms with Crippen molar-refractivity contribution in [2.24, 2.45) is 0 Å². The molecule has 31 heavy (non-hydrogen) atoms. The Bertz CT molecular complexity index is 722. The van der Waals surface area contributed by atoms with Crippen LogP contribution in [0, 0.1) is 0 Å². The highest BCUT2D eigenvalue weighted by Gasteiger charge is 2.47. The maximum absolute atomic E-state index is 11.6. The van der Waals surface area contributed by atoms with E-state index in [1.807, 2.05) is 30.3 Å². The first kappa shape index (κ1) is 25.5. The fraction of sp³-hybridized carbons (Fsp3) is 0.591. The highest BCUT2D eigenvalue weighted by Crippen LogP contribution is 2.36. The highest BCUT2D eigenvalue weighted by atomic mass is 127. The molecule has 1 aromatic carbocycles. The zero-order valence-corrected chi connectivity index (χ0v) is 20.5. The van der Waals surface area contributed by atoms with Gasteiger partial charge in [0, 0.05) is 27.3 Å². The maximum Gasteiger partial charge on any atom is 0.303 e. The van der Waals surface area contributed by atoms with Crippen LogP contribution in [-0.4, -0.2) is 67.2 Å². The van der Waals surface area contributed by atoms with Gasteiger partial charge in [-0.25, -0.2) is 0 Å². The Morgan fingerprint density at radius 3 is 2.26 bits per heavy atom. The van der Waals surface area contributed by atoms with Gasteiger partial charge in [-0.15, -0.1) is 0 Å². The molecule has 2 saturated heterocycles. The number of hydrogen-bond acceptors (Lipinski definition) is 7. The zero-order chi connectivity index (χ0) is 22.8. The summed E-state index contributed by atoms with van der Waals surface area (Å²) in [6, 6.07) is 9.12. The molecule has 1 aromatic rings. The van der Waals surface area contributed by atoms with E-state index in [-0.39, 0.29) is 28.6 Å². The van der Waals surface area contributed by atoms with Crippen molar-refractivity contribution in [2.45, 2.75) is 55.8 Å². The summed E-state index contributed by atoms with van der Waals surface area (Å²) in [7, 11) is 0. The van der Waals surface area contributed by atoms with Gasteiger partial charge in [-0.2, -0.15) is 0 Å². The van der Waals surface area contributed by atoms with E-state index in [4.69, 9.17) is 9.47 Å². The molecular formula is C22H32IN3O5. The summed E-state index contributed by atoms with van der Waals surface area (Å²) in [5, 5.41) is 6.07. The van der Waals surface area contributed by atoms with Crippen molar-refractivity contribution < 1.29 is 23.9 Å². The number of benzene rings is 1. The summed E-state index contributed by atoms with van der Waals surface area (Å²) in [4.78, 5) is 36.6. The van der Waals surface area contributed by atoms with Gasteiger partial charge < -0.3 is 20.1 Å². The Kier molecular flexibility index (Phi) is 10.7. The molecule has 4 unspecified atom stereocenters. The van der Waals surface area contributed by atoms with E-state index in [9.17, 15) is 14.4 Å². The minimum Gasteiger partial charge on any atom is -0.464 e. The van der Waals surface area contributed by atoms with Crippen molar-refractivity contribution in [3.05, 3.63) is 35.9 Å². The second-order valence-corrected chi connectivity index (χ2v) is 8.83. The van der Waals surface area contributed by atoms with Gasteiger partial charge in [0.1, 0.15) is 12.7 Å². The third-order valence-electron chi connectivity index (χ3n) is 5.08. The molecule has 2 aliphatic rings. The van der Waals surface area contributed by atoms with Gasteiger partial charge in [-0.3, -0.25) is 19.3 Å². The molecule has 0 aromatic heterocycles. The first-order chi connectivity index (χ1) is 14.8. The average Bonchev–Trinajstić information content (AvgIpc) is 3.39. The lowest BCUT2D eigenvalue weighted by molar-refractivity contribution is -0.152. The lowest BCUT2D eigenvalue weighted by atomic mass is 10.1. The van der Waals surface area contributed by atoms with E-state index in [0.29, 0.717) is 6.54 Å². The van der Waals surface area contributed by atoms with Crippen LogP contribution in [0.15, 0.2) is 30.3 Å². The molecule has 8 nitrogen and oxygen atoms in total. The minimum atomic E-state index is -0.600. The summed E-state index contributed by atoms with van der Waals surface area (Å²) in [5.41, 5.74) is 1.07. The van der Waals surface area contributed by atoms with Crippen LogP contribution in [0.4, 0.5) is 0 Å². The monoisotopic (exact) mass is 545 g/mol. The smallest absolute Gasteiger partial charge is 0.303 e. The SMILES string of the molecule is C1CCNC1.CC(=O)NC1CN(C(I)c2ccccc2)C(COC(C)=O)C1OC(C)=O. The molecule has 0 spiro atoms. The van der Waals surface area contributed by atoms with Gasteiger partial charge in [0.2, 0.25) is 5.91 Å². The van der Waals surface area contributed by atoms with Crippen LogP contribution in [0.25, 0.3) is 0 Å². The number of ether oxygens (including phenoxy) is 2. The summed E-state index contributed by atoms with van der Waals surface area (Å²) < 4.78 is 10.7. The molecular weight excluding hydrogens is 513 g/mol. The molecule has 0 saturated carbocycles. The fourth-order valence-electron chi connectivity index (χ4n) is 3.75. The Morgan fingerprint density at radius 2 is 1.77 bits per heavy atom. The maximum atomic E-state index is 11.6. The van der Waals surface area contributed by atoms with Crippen molar-refractivity contribution in [1.82, 2.24) is 15.5 Å². The number of halogens is 1. The largest absolute Gasteiger partial charge is 0.464 e. The summed E-state index contributed by atoms with van der Waals surface area (Å²) in [6.07, 6.45) is 2.18. The third kappa shape index (κ3) is 8.38. The van der Waals surface area contributed by atoms with Crippen molar-refractivity contribution >= 4 is 40.4 Å². The van der Waals surface area contributed by atoms with Gasteiger partial charge in [0.15, 0.2) is 0 Å². The van der Waals surface area contributed by atoms with Crippen LogP contribution >= 0.6 is 22.6 Å². The zero-order valence-electron chi connectivity index (χ0n) is 18.3. The topological polar surface area (TPSA) is 97.0 Å². The molecule has 1 amide bonds. The molecule has 0 bridgehead atoms. The number of esters is 2. The summed E-state index contributed by atoms with van der Waals surface area (Å²) >= 11 is 2.30. The number of alkyl halides is 1. The second kappa shape index (κ2) is 13.0. The fourth-order valence-corrected chi connectivity index (χ4v) is 4.80. The third-order valence-corrected chi connectivity index (χ3v) is 6.51. The molecule has 172 valence electrons. The number of carbonyl (C=O) groups excluding carboxylic acids is 3. The molecule has 0 aliphatic carbocycles. The molecule has 0 radical (unpaired) electrons. The lowest BCUT2D eigenvalue weighted by Crippen LogP contribution is -2.47. The van der Waals surface area contributed by atoms with Gasteiger partial charge in [0.05, 0.1) is 16.1 Å². The van der Waals surface area contributed by atoms with Crippen LogP contribution in [0.2, 0.25) is 0 Å². The van der Waals surface area contributed by atoms with E-state index in [1.54, 1.807) is 0 Å². The van der Waals surface area contributed by atoms with E-state index in [0.717, 1.165) is 5.56 Å². The van der Waals surface area contributed by atoms with Gasteiger partial charge in [0.25, 0.3) is 0 Å². The van der Waals surface area contributed by atoms with Gasteiger partial charge in [-0.05, 0) is 31.5 Å². The normalized spacial score (nSPS) is 23.9. The first-order valence-electron chi connectivity index (χ1n) is 10.5. The van der Waals surface area contributed by atoms with Crippen LogP contribution in [0.5, 0.6) is 0 Å². The number of rotatable bonds is 6. The predicted octanol–water partition coefficient (Wildman–Crippen LogP) is 2.17. The first-order valence-corrected chi connectivity index (χ1v) is 11.8. The number of likely N-dealkylation sites (tertiary alicyclic amines) is 1. The number of nitrogens with one attached hydrogen (secondary N) is 2. The molecule has 2 N–H and O–H groups in total. The molecule has 2 fully saturated rings. The Balaban J connectivity index is 0.000000597. The second-order valence-electron chi connectivity index (χ2n) is 7.65. The molecule has 2 aliphatic heterocycles. The van der Waals surface area contributed by atoms with Gasteiger partial charge in [-0.1, -0.05) is 52.9 Å². The van der Waals surface area contributed by atoms with Crippen LogP contribution < -0.4 is 10.6 Å². The van der Waals surface area contributed by atoms with Crippen LogP contribution in [0.3, 0.4) is 0 Å². The lowest BCUT2D eigenvalue weighted by Gasteiger charge is -2.31. The van der Waals surface area contributed by atoms with E-state index >= 15 is 0 Å². The summed E-state index contributed by atoms with van der Waals surface area (Å²) in [5.74, 6) is -1.05. The number of nitrogens with zero attached hydrogens (tertiary/aromatic N) is 1. The molecule has 9 heteroatoms. The number of hydrogen-bond donors (Lipinski definition) is 2. The van der Waals surface area contributed by atoms with Crippen molar-refractivity contribution in [3.8, 4) is 0 Å². The van der Waals surface area contributed by atoms with Crippen molar-refractivity contribution in [1.29, 1.82) is 0 Å². The van der Waals surface area contributed by atoms with Crippen molar-refractivity contribution in [2.75, 3.05) is 26.2 Å². The minimum absolute atomic E-state index is 0.0359. The summed E-state index contributed by atoms with van der Waals surface area (Å²) in [6.45, 7) is 7.15.